The minimum absolute atomic E-state index is 0.0743. The molecule has 2 fully saturated rings. The highest BCUT2D eigenvalue weighted by atomic mass is 35.5. The van der Waals surface area contributed by atoms with Crippen LogP contribution in [0.1, 0.15) is 13.3 Å². The molecule has 0 saturated carbocycles. The molecule has 2 saturated heterocycles. The van der Waals surface area contributed by atoms with Gasteiger partial charge in [0.2, 0.25) is 11.8 Å². The lowest BCUT2D eigenvalue weighted by atomic mass is 10.1. The van der Waals surface area contributed by atoms with Crippen molar-refractivity contribution in [3.05, 3.63) is 53.7 Å². The van der Waals surface area contributed by atoms with Crippen molar-refractivity contribution < 1.29 is 9.59 Å². The van der Waals surface area contributed by atoms with E-state index in [4.69, 9.17) is 11.6 Å². The number of hydrogen-bond donors (Lipinski definition) is 1. The van der Waals surface area contributed by atoms with Gasteiger partial charge in [0.15, 0.2) is 0 Å². The Kier molecular flexibility index (Phi) is 6.32. The molecule has 2 amide bonds. The number of pyridine rings is 1. The number of nitrogens with one attached hydrogen (secondary N) is 1. The minimum Gasteiger partial charge on any atom is -0.311 e. The van der Waals surface area contributed by atoms with Crippen LogP contribution in [0.4, 0.5) is 11.5 Å². The molecular formula is C22H26ClN5O2. The zero-order valence-corrected chi connectivity index (χ0v) is 17.8. The molecule has 2 aliphatic heterocycles. The quantitative estimate of drug-likeness (QED) is 0.794. The number of aromatic nitrogens is 1. The maximum absolute atomic E-state index is 12.9. The highest BCUT2D eigenvalue weighted by molar-refractivity contribution is 6.30. The van der Waals surface area contributed by atoms with Gasteiger partial charge in [-0.25, -0.2) is 4.98 Å². The van der Waals surface area contributed by atoms with Gasteiger partial charge >= 0.3 is 0 Å². The Morgan fingerprint density at radius 3 is 2.50 bits per heavy atom. The van der Waals surface area contributed by atoms with Crippen LogP contribution in [-0.4, -0.2) is 71.4 Å². The molecular weight excluding hydrogens is 402 g/mol. The van der Waals surface area contributed by atoms with E-state index in [0.29, 0.717) is 10.8 Å². The fourth-order valence-electron chi connectivity index (χ4n) is 4.15. The number of amides is 2. The van der Waals surface area contributed by atoms with Crippen LogP contribution in [0.2, 0.25) is 5.02 Å². The lowest BCUT2D eigenvalue weighted by Gasteiger charge is -2.39. The summed E-state index contributed by atoms with van der Waals surface area (Å²) in [5, 5.41) is 3.37. The number of carbonyl (C=O) groups excluding carboxylic acids is 2. The first-order valence-corrected chi connectivity index (χ1v) is 10.7. The zero-order valence-electron chi connectivity index (χ0n) is 17.0. The Balaban J connectivity index is 1.30. The number of piperazine rings is 1. The highest BCUT2D eigenvalue weighted by Gasteiger charge is 2.38. The maximum Gasteiger partial charge on any atom is 0.244 e. The summed E-state index contributed by atoms with van der Waals surface area (Å²) in [5.41, 5.74) is 0.963. The average molecular weight is 428 g/mol. The van der Waals surface area contributed by atoms with Crippen LogP contribution >= 0.6 is 11.6 Å². The molecule has 3 heterocycles. The molecule has 2 aliphatic rings. The Morgan fingerprint density at radius 2 is 1.83 bits per heavy atom. The van der Waals surface area contributed by atoms with Gasteiger partial charge in [-0.1, -0.05) is 29.8 Å². The van der Waals surface area contributed by atoms with Crippen LogP contribution in [0, 0.1) is 0 Å². The van der Waals surface area contributed by atoms with E-state index in [2.05, 4.69) is 20.1 Å². The third-order valence-electron chi connectivity index (χ3n) is 5.94. The second-order valence-electron chi connectivity index (χ2n) is 7.73. The van der Waals surface area contributed by atoms with Crippen LogP contribution in [-0.2, 0) is 9.59 Å². The van der Waals surface area contributed by atoms with Crippen molar-refractivity contribution in [2.75, 3.05) is 42.9 Å². The summed E-state index contributed by atoms with van der Waals surface area (Å²) in [7, 11) is 0. The molecule has 158 valence electrons. The molecule has 8 heteroatoms. The van der Waals surface area contributed by atoms with Crippen molar-refractivity contribution >= 4 is 34.9 Å². The average Bonchev–Trinajstić information content (AvgIpc) is 3.17. The second kappa shape index (κ2) is 9.12. The zero-order chi connectivity index (χ0) is 21.1. The second-order valence-corrected chi connectivity index (χ2v) is 8.17. The topological polar surface area (TPSA) is 68.8 Å². The molecule has 0 spiro atoms. The molecule has 7 nitrogen and oxygen atoms in total. The fourth-order valence-corrected chi connectivity index (χ4v) is 4.26. The smallest absolute Gasteiger partial charge is 0.244 e. The number of anilines is 2. The standard InChI is InChI=1S/C22H26ClN5O2/c1-16(21(29)25-20-8-7-17(23)15-24-20)26-11-13-27(14-12-26)19-9-10-28(22(19)30)18-5-3-2-4-6-18/h2-8,15-16,19H,9-14H2,1H3,(H,24,25,29)/t16-,19-/m0/s1. The summed E-state index contributed by atoms with van der Waals surface area (Å²) in [6, 6.07) is 12.9. The van der Waals surface area contributed by atoms with Crippen LogP contribution < -0.4 is 10.2 Å². The van der Waals surface area contributed by atoms with Crippen molar-refractivity contribution in [3.8, 4) is 0 Å². The van der Waals surface area contributed by atoms with Crippen molar-refractivity contribution in [3.63, 3.8) is 0 Å². The first kappa shape index (κ1) is 20.8. The van der Waals surface area contributed by atoms with Crippen molar-refractivity contribution in [2.24, 2.45) is 0 Å². The largest absolute Gasteiger partial charge is 0.311 e. The van der Waals surface area contributed by atoms with E-state index in [9.17, 15) is 9.59 Å². The summed E-state index contributed by atoms with van der Waals surface area (Å²) in [5.74, 6) is 0.576. The molecule has 0 bridgehead atoms. The molecule has 0 unspecified atom stereocenters. The Bertz CT molecular complexity index is 884. The Labute approximate surface area is 181 Å². The summed E-state index contributed by atoms with van der Waals surface area (Å²) in [6.45, 7) is 5.70. The monoisotopic (exact) mass is 427 g/mol. The van der Waals surface area contributed by atoms with Crippen LogP contribution in [0.15, 0.2) is 48.7 Å². The molecule has 4 rings (SSSR count). The van der Waals surface area contributed by atoms with Crippen molar-refractivity contribution in [2.45, 2.75) is 25.4 Å². The SMILES string of the molecule is C[C@@H](C(=O)Nc1ccc(Cl)cn1)N1CCN([C@H]2CCN(c3ccccc3)C2=O)CC1. The van der Waals surface area contributed by atoms with Gasteiger partial charge in [0, 0.05) is 44.6 Å². The number of hydrogen-bond acceptors (Lipinski definition) is 5. The normalized spacial score (nSPS) is 21.6. The number of halogens is 1. The maximum atomic E-state index is 12.9. The first-order chi connectivity index (χ1) is 14.5. The number of benzene rings is 1. The molecule has 1 N–H and O–H groups in total. The molecule has 2 aromatic rings. The van der Waals surface area contributed by atoms with Gasteiger partial charge in [0.05, 0.1) is 17.1 Å². The summed E-state index contributed by atoms with van der Waals surface area (Å²) in [4.78, 5) is 35.9. The summed E-state index contributed by atoms with van der Waals surface area (Å²) >= 11 is 5.84. The van der Waals surface area contributed by atoms with Gasteiger partial charge < -0.3 is 10.2 Å². The van der Waals surface area contributed by atoms with Crippen molar-refractivity contribution in [1.29, 1.82) is 0 Å². The summed E-state index contributed by atoms with van der Waals surface area (Å²) in [6.07, 6.45) is 2.35. The third kappa shape index (κ3) is 4.48. The van der Waals surface area contributed by atoms with E-state index in [-0.39, 0.29) is 23.9 Å². The number of nitrogens with zero attached hydrogens (tertiary/aromatic N) is 4. The third-order valence-corrected chi connectivity index (χ3v) is 6.16. The van der Waals surface area contributed by atoms with Crippen LogP contribution in [0.3, 0.4) is 0 Å². The number of para-hydroxylation sites is 1. The summed E-state index contributed by atoms with van der Waals surface area (Å²) < 4.78 is 0. The first-order valence-electron chi connectivity index (χ1n) is 10.3. The van der Waals surface area contributed by atoms with E-state index >= 15 is 0 Å². The van der Waals surface area contributed by atoms with E-state index in [1.807, 2.05) is 42.2 Å². The predicted molar refractivity (Wildman–Crippen MR) is 118 cm³/mol. The minimum atomic E-state index is -0.273. The lowest BCUT2D eigenvalue weighted by Crippen LogP contribution is -2.56. The molecule has 30 heavy (non-hydrogen) atoms. The van der Waals surface area contributed by atoms with Gasteiger partial charge in [-0.05, 0) is 37.6 Å². The lowest BCUT2D eigenvalue weighted by molar-refractivity contribution is -0.125. The molecule has 0 radical (unpaired) electrons. The van der Waals surface area contributed by atoms with E-state index in [1.54, 1.807) is 12.1 Å². The van der Waals surface area contributed by atoms with Crippen LogP contribution in [0.5, 0.6) is 0 Å². The van der Waals surface area contributed by atoms with E-state index < -0.39 is 0 Å². The Morgan fingerprint density at radius 1 is 1.10 bits per heavy atom. The number of rotatable bonds is 5. The number of carbonyl (C=O) groups is 2. The highest BCUT2D eigenvalue weighted by Crippen LogP contribution is 2.25. The van der Waals surface area contributed by atoms with Gasteiger partial charge in [-0.15, -0.1) is 0 Å². The fraction of sp³-hybridized carbons (Fsp3) is 0.409. The predicted octanol–water partition coefficient (Wildman–Crippen LogP) is 2.49. The molecule has 1 aromatic carbocycles. The Hall–Kier alpha value is -2.48. The molecule has 0 aliphatic carbocycles. The van der Waals surface area contributed by atoms with Gasteiger partial charge in [0.1, 0.15) is 5.82 Å². The molecule has 2 atom stereocenters. The van der Waals surface area contributed by atoms with E-state index in [1.165, 1.54) is 6.20 Å². The molecule has 1 aromatic heterocycles. The van der Waals surface area contributed by atoms with Gasteiger partial charge in [-0.2, -0.15) is 0 Å². The van der Waals surface area contributed by atoms with Crippen LogP contribution in [0.25, 0.3) is 0 Å². The van der Waals surface area contributed by atoms with Crippen molar-refractivity contribution in [1.82, 2.24) is 14.8 Å². The van der Waals surface area contributed by atoms with E-state index in [0.717, 1.165) is 44.8 Å². The van der Waals surface area contributed by atoms with Gasteiger partial charge in [0.25, 0.3) is 0 Å². The van der Waals surface area contributed by atoms with Gasteiger partial charge in [-0.3, -0.25) is 19.4 Å².